The molecule has 432 valence electrons. The quantitative estimate of drug-likeness (QED) is 0.152. The van der Waals surface area contributed by atoms with E-state index in [4.69, 9.17) is 15.0 Å². The molecule has 0 unspecified atom stereocenters. The van der Waals surface area contributed by atoms with E-state index in [0.29, 0.717) is 17.6 Å². The second-order valence-corrected chi connectivity index (χ2v) is 24.3. The van der Waals surface area contributed by atoms with Crippen molar-refractivity contribution in [1.29, 1.82) is 0 Å². The summed E-state index contributed by atoms with van der Waals surface area (Å²) >= 11 is 0. The summed E-state index contributed by atoms with van der Waals surface area (Å²) in [7, 11) is 0. The van der Waals surface area contributed by atoms with E-state index in [9.17, 15) is 0 Å². The highest BCUT2D eigenvalue weighted by atomic mass is 15.2. The van der Waals surface area contributed by atoms with Gasteiger partial charge in [-0.1, -0.05) is 224 Å². The van der Waals surface area contributed by atoms with Crippen LogP contribution in [0.3, 0.4) is 0 Å². The highest BCUT2D eigenvalue weighted by Gasteiger charge is 2.27. The van der Waals surface area contributed by atoms with Crippen molar-refractivity contribution in [3.63, 3.8) is 0 Å². The fourth-order valence-electron chi connectivity index (χ4n) is 15.4. The SMILES string of the molecule is c1ccc(-c2nc(-c3cccc(-c4ccc5c(c4)c4ccccc4n5-c4cc(-n5c6ccccc6c6ccccc65)cc(-n5c6ccccc6c6ccccc65)c4)c3)nc(-n3c4ccccc4c4c5ccccc5c5c6ccccc6n(-c6ccccc6)c5c43)n2)cc1. The lowest BCUT2D eigenvalue weighted by atomic mass is 9.98. The molecule has 0 aliphatic carbocycles. The average Bonchev–Trinajstić information content (AvgIpc) is 1.54. The van der Waals surface area contributed by atoms with Gasteiger partial charge < -0.3 is 18.3 Å². The molecule has 20 rings (SSSR count). The van der Waals surface area contributed by atoms with Crippen molar-refractivity contribution < 1.29 is 0 Å². The first-order valence-electron chi connectivity index (χ1n) is 31.7. The number of nitrogens with zero attached hydrogens (tertiary/aromatic N) is 8. The van der Waals surface area contributed by atoms with Gasteiger partial charge in [-0.05, 0) is 113 Å². The largest absolute Gasteiger partial charge is 0.309 e. The van der Waals surface area contributed by atoms with Crippen molar-refractivity contribution in [2.75, 3.05) is 0 Å². The van der Waals surface area contributed by atoms with Gasteiger partial charge in [0.25, 0.3) is 0 Å². The molecule has 93 heavy (non-hydrogen) atoms. The molecule has 8 nitrogen and oxygen atoms in total. The molecule has 0 spiro atoms. The zero-order chi connectivity index (χ0) is 60.8. The molecular weight excluding hydrogens is 1130 g/mol. The Morgan fingerprint density at radius 2 is 0.516 bits per heavy atom. The molecule has 0 aliphatic rings. The minimum absolute atomic E-state index is 0.537. The molecule has 14 aromatic carbocycles. The maximum absolute atomic E-state index is 5.62. The Hall–Kier alpha value is -12.7. The molecule has 0 atom stereocenters. The first-order valence-corrected chi connectivity index (χ1v) is 31.7. The van der Waals surface area contributed by atoms with Crippen molar-refractivity contribution in [3.05, 3.63) is 315 Å². The summed E-state index contributed by atoms with van der Waals surface area (Å²) in [6.07, 6.45) is 0. The Morgan fingerprint density at radius 3 is 1.00 bits per heavy atom. The molecule has 0 fully saturated rings. The third-order valence-electron chi connectivity index (χ3n) is 19.3. The maximum atomic E-state index is 5.62. The van der Waals surface area contributed by atoms with Gasteiger partial charge in [0.05, 0.1) is 72.2 Å². The van der Waals surface area contributed by atoms with Crippen LogP contribution in [-0.4, -0.2) is 37.8 Å². The number of benzene rings is 14. The van der Waals surface area contributed by atoms with Gasteiger partial charge in [0.15, 0.2) is 11.6 Å². The Bertz CT molecular complexity index is 6260. The van der Waals surface area contributed by atoms with Crippen LogP contribution in [0.4, 0.5) is 0 Å². The molecule has 0 amide bonds. The molecule has 0 saturated carbocycles. The van der Waals surface area contributed by atoms with Gasteiger partial charge in [0.2, 0.25) is 5.95 Å². The molecule has 0 radical (unpaired) electrons. The fraction of sp³-hybridized carbons (Fsp3) is 0. The summed E-state index contributed by atoms with van der Waals surface area (Å²) < 4.78 is 12.1. The molecular formula is C85H52N8. The van der Waals surface area contributed by atoms with E-state index in [1.807, 2.05) is 18.2 Å². The number of hydrogen-bond acceptors (Lipinski definition) is 3. The first kappa shape index (κ1) is 51.3. The summed E-state index contributed by atoms with van der Waals surface area (Å²) in [5.41, 5.74) is 19.3. The van der Waals surface area contributed by atoms with Gasteiger partial charge in [0, 0.05) is 70.7 Å². The summed E-state index contributed by atoms with van der Waals surface area (Å²) in [6, 6.07) is 114. The lowest BCUT2D eigenvalue weighted by Gasteiger charge is -2.17. The van der Waals surface area contributed by atoms with Crippen LogP contribution >= 0.6 is 0 Å². The van der Waals surface area contributed by atoms with Crippen LogP contribution in [0.5, 0.6) is 0 Å². The van der Waals surface area contributed by atoms with Gasteiger partial charge in [-0.2, -0.15) is 9.97 Å². The van der Waals surface area contributed by atoms with E-state index in [1.165, 1.54) is 48.5 Å². The van der Waals surface area contributed by atoms with Crippen molar-refractivity contribution in [3.8, 4) is 62.6 Å². The molecule has 6 aromatic heterocycles. The second kappa shape index (κ2) is 19.9. The predicted octanol–water partition coefficient (Wildman–Crippen LogP) is 21.5. The first-order chi connectivity index (χ1) is 46.2. The van der Waals surface area contributed by atoms with E-state index in [0.717, 1.165) is 116 Å². The number of para-hydroxylation sites is 8. The fourth-order valence-corrected chi connectivity index (χ4v) is 15.4. The van der Waals surface area contributed by atoms with Crippen molar-refractivity contribution in [2.45, 2.75) is 0 Å². The van der Waals surface area contributed by atoms with Crippen LogP contribution in [0.25, 0.3) is 182 Å². The predicted molar refractivity (Wildman–Crippen MR) is 385 cm³/mol. The average molecular weight is 1190 g/mol. The Balaban J connectivity index is 0.792. The van der Waals surface area contributed by atoms with Crippen LogP contribution in [0.15, 0.2) is 315 Å². The van der Waals surface area contributed by atoms with Crippen LogP contribution in [0, 0.1) is 0 Å². The van der Waals surface area contributed by atoms with Gasteiger partial charge in [-0.15, -0.1) is 0 Å². The van der Waals surface area contributed by atoms with Crippen LogP contribution < -0.4 is 0 Å². The smallest absolute Gasteiger partial charge is 0.238 e. The topological polar surface area (TPSA) is 63.3 Å². The molecule has 8 heteroatoms. The Labute approximate surface area is 532 Å². The van der Waals surface area contributed by atoms with E-state index in [-0.39, 0.29) is 0 Å². The zero-order valence-corrected chi connectivity index (χ0v) is 50.1. The van der Waals surface area contributed by atoms with Gasteiger partial charge in [-0.3, -0.25) is 4.57 Å². The van der Waals surface area contributed by atoms with E-state index in [2.05, 4.69) is 320 Å². The summed E-state index contributed by atoms with van der Waals surface area (Å²) in [5.74, 6) is 1.70. The molecule has 0 N–H and O–H groups in total. The molecule has 20 aromatic rings. The zero-order valence-electron chi connectivity index (χ0n) is 50.1. The number of rotatable bonds is 8. The van der Waals surface area contributed by atoms with Gasteiger partial charge in [0.1, 0.15) is 0 Å². The van der Waals surface area contributed by atoms with Crippen LogP contribution in [0.2, 0.25) is 0 Å². The van der Waals surface area contributed by atoms with E-state index < -0.39 is 0 Å². The van der Waals surface area contributed by atoms with Gasteiger partial charge in [-0.25, -0.2) is 4.98 Å². The van der Waals surface area contributed by atoms with Crippen molar-refractivity contribution in [2.24, 2.45) is 0 Å². The number of hydrogen-bond donors (Lipinski definition) is 0. The second-order valence-electron chi connectivity index (χ2n) is 24.3. The molecule has 0 bridgehead atoms. The number of aromatic nitrogens is 8. The summed E-state index contributed by atoms with van der Waals surface area (Å²) in [5, 5.41) is 14.2. The Morgan fingerprint density at radius 1 is 0.183 bits per heavy atom. The molecule has 0 saturated heterocycles. The minimum Gasteiger partial charge on any atom is -0.309 e. The van der Waals surface area contributed by atoms with Crippen molar-refractivity contribution >= 4 is 120 Å². The maximum Gasteiger partial charge on any atom is 0.238 e. The third kappa shape index (κ3) is 7.57. The standard InChI is InChI=1S/C85H52N8/c1-3-24-53(25-4-1)83-86-84(88-85(87-83)93-77-45-22-15-38-69(77)80-67-36-8-7-35-66(67)79-68-37-14-21-44-76(68)92(81(79)82(80)93)57-28-5-2-6-29-57)56-27-23-26-54(48-56)55-46-47-78-70(49-55)65-34-13-20-43-75(65)91(78)60-51-58(89-71-39-16-9-30-61(71)62-31-10-17-40-72(62)89)50-59(52-60)90-73-41-18-11-32-63(73)64-33-12-19-42-74(64)90/h1-52H. The van der Waals surface area contributed by atoms with E-state index >= 15 is 0 Å². The monoisotopic (exact) mass is 1180 g/mol. The Kier molecular flexibility index (Phi) is 11.0. The third-order valence-corrected chi connectivity index (χ3v) is 19.3. The molecule has 6 heterocycles. The lowest BCUT2D eigenvalue weighted by molar-refractivity contribution is 0.953. The minimum atomic E-state index is 0.537. The summed E-state index contributed by atoms with van der Waals surface area (Å²) in [6.45, 7) is 0. The van der Waals surface area contributed by atoms with Crippen LogP contribution in [0.1, 0.15) is 0 Å². The normalized spacial score (nSPS) is 12.1. The van der Waals surface area contributed by atoms with Crippen molar-refractivity contribution in [1.82, 2.24) is 37.8 Å². The van der Waals surface area contributed by atoms with Gasteiger partial charge >= 0.3 is 0 Å². The van der Waals surface area contributed by atoms with E-state index in [1.54, 1.807) is 0 Å². The highest BCUT2D eigenvalue weighted by Crippen LogP contribution is 2.48. The summed E-state index contributed by atoms with van der Waals surface area (Å²) in [4.78, 5) is 16.5. The molecule has 0 aliphatic heterocycles. The lowest BCUT2D eigenvalue weighted by Crippen LogP contribution is -2.07. The number of fused-ring (bicyclic) bond motifs is 19. The highest BCUT2D eigenvalue weighted by molar-refractivity contribution is 6.36. The van der Waals surface area contributed by atoms with Crippen LogP contribution in [-0.2, 0) is 0 Å².